The molecule has 0 spiro atoms. The maximum atomic E-state index is 13.0. The number of nitrogens with zero attached hydrogens (tertiary/aromatic N) is 1. The van der Waals surface area contributed by atoms with E-state index in [1.807, 2.05) is 6.92 Å². The summed E-state index contributed by atoms with van der Waals surface area (Å²) in [5.74, 6) is -0.217. The number of carbonyl (C=O) groups is 2. The van der Waals surface area contributed by atoms with Crippen LogP contribution in [0.15, 0.2) is 18.2 Å². The van der Waals surface area contributed by atoms with E-state index in [1.165, 1.54) is 0 Å². The van der Waals surface area contributed by atoms with Gasteiger partial charge in [0, 0.05) is 13.1 Å². The molecule has 0 aliphatic carbocycles. The number of alkyl halides is 3. The van der Waals surface area contributed by atoms with Gasteiger partial charge in [0.1, 0.15) is 18.4 Å². The van der Waals surface area contributed by atoms with Crippen molar-refractivity contribution >= 4 is 17.6 Å². The first-order chi connectivity index (χ1) is 14.6. The number of fused-ring (bicyclic) bond motifs is 1. The normalized spacial score (nSPS) is 22.9. The highest BCUT2D eigenvalue weighted by molar-refractivity contribution is 5.84. The SMILES string of the molecule is CCC[C@]1(O)COc2cc(CNC(=O)NCC(=O)N3CCC[C@@H]3C(F)(F)F)ccc2N1. The molecule has 1 aromatic rings. The maximum Gasteiger partial charge on any atom is 0.408 e. The van der Waals surface area contributed by atoms with Gasteiger partial charge in [0.05, 0.1) is 12.2 Å². The van der Waals surface area contributed by atoms with E-state index in [1.54, 1.807) is 18.2 Å². The van der Waals surface area contributed by atoms with Crippen molar-refractivity contribution in [1.82, 2.24) is 15.5 Å². The van der Waals surface area contributed by atoms with Crippen molar-refractivity contribution in [3.63, 3.8) is 0 Å². The van der Waals surface area contributed by atoms with Crippen molar-refractivity contribution in [3.05, 3.63) is 23.8 Å². The molecule has 1 saturated heterocycles. The Balaban J connectivity index is 1.47. The van der Waals surface area contributed by atoms with Crippen LogP contribution in [0.1, 0.15) is 38.2 Å². The Kier molecular flexibility index (Phi) is 6.83. The number of nitrogens with one attached hydrogen (secondary N) is 3. The molecule has 3 rings (SSSR count). The molecule has 0 radical (unpaired) electrons. The van der Waals surface area contributed by atoms with E-state index in [4.69, 9.17) is 4.74 Å². The van der Waals surface area contributed by atoms with Crippen LogP contribution in [0.3, 0.4) is 0 Å². The number of hydrogen-bond acceptors (Lipinski definition) is 5. The lowest BCUT2D eigenvalue weighted by Gasteiger charge is -2.35. The highest BCUT2D eigenvalue weighted by Crippen LogP contribution is 2.34. The molecule has 31 heavy (non-hydrogen) atoms. The number of rotatable bonds is 6. The average molecular weight is 444 g/mol. The van der Waals surface area contributed by atoms with Gasteiger partial charge in [0.2, 0.25) is 5.91 Å². The summed E-state index contributed by atoms with van der Waals surface area (Å²) in [6.45, 7) is 1.71. The van der Waals surface area contributed by atoms with Crippen LogP contribution in [0.25, 0.3) is 0 Å². The van der Waals surface area contributed by atoms with Crippen LogP contribution >= 0.6 is 0 Å². The van der Waals surface area contributed by atoms with Crippen LogP contribution in [0.4, 0.5) is 23.7 Å². The first-order valence-electron chi connectivity index (χ1n) is 10.3. The number of amides is 3. The topological polar surface area (TPSA) is 103 Å². The molecule has 3 amide bonds. The minimum Gasteiger partial charge on any atom is -0.486 e. The summed E-state index contributed by atoms with van der Waals surface area (Å²) in [6.07, 6.45) is -2.98. The number of benzene rings is 1. The highest BCUT2D eigenvalue weighted by atomic mass is 19.4. The Labute approximate surface area is 178 Å². The number of carbonyl (C=O) groups excluding carboxylic acids is 2. The fourth-order valence-electron chi connectivity index (χ4n) is 3.84. The molecular weight excluding hydrogens is 417 g/mol. The number of urea groups is 1. The van der Waals surface area contributed by atoms with Crippen LogP contribution in [0.2, 0.25) is 0 Å². The summed E-state index contributed by atoms with van der Waals surface area (Å²) >= 11 is 0. The molecule has 1 aromatic carbocycles. The number of likely N-dealkylation sites (tertiary alicyclic amines) is 1. The van der Waals surface area contributed by atoms with E-state index in [-0.39, 0.29) is 32.5 Å². The molecule has 0 bridgehead atoms. The first kappa shape index (κ1) is 23.0. The van der Waals surface area contributed by atoms with Gasteiger partial charge < -0.3 is 30.7 Å². The van der Waals surface area contributed by atoms with E-state index in [2.05, 4.69) is 16.0 Å². The fourth-order valence-corrected chi connectivity index (χ4v) is 3.84. The van der Waals surface area contributed by atoms with E-state index < -0.39 is 36.4 Å². The zero-order chi connectivity index (χ0) is 22.6. The van der Waals surface area contributed by atoms with Gasteiger partial charge in [-0.1, -0.05) is 19.4 Å². The van der Waals surface area contributed by atoms with Crippen molar-refractivity contribution in [2.75, 3.05) is 25.0 Å². The predicted octanol–water partition coefficient (Wildman–Crippen LogP) is 2.33. The fraction of sp³-hybridized carbons (Fsp3) is 0.600. The van der Waals surface area contributed by atoms with Gasteiger partial charge in [-0.05, 0) is 37.0 Å². The zero-order valence-corrected chi connectivity index (χ0v) is 17.2. The largest absolute Gasteiger partial charge is 0.486 e. The van der Waals surface area contributed by atoms with Crippen molar-refractivity contribution in [2.45, 2.75) is 57.1 Å². The molecule has 0 aromatic heterocycles. The minimum atomic E-state index is -4.47. The van der Waals surface area contributed by atoms with Crippen LogP contribution in [-0.2, 0) is 11.3 Å². The molecular formula is C20H27F3N4O4. The van der Waals surface area contributed by atoms with Gasteiger partial charge >= 0.3 is 12.2 Å². The van der Waals surface area contributed by atoms with Gasteiger partial charge in [-0.25, -0.2) is 4.79 Å². The third-order valence-electron chi connectivity index (χ3n) is 5.35. The molecule has 2 aliphatic rings. The molecule has 172 valence electrons. The summed E-state index contributed by atoms with van der Waals surface area (Å²) in [6, 6.07) is 2.75. The second-order valence-electron chi connectivity index (χ2n) is 7.85. The van der Waals surface area contributed by atoms with Gasteiger partial charge in [0.15, 0.2) is 5.72 Å². The van der Waals surface area contributed by atoms with Gasteiger partial charge in [-0.2, -0.15) is 13.2 Å². The Morgan fingerprint density at radius 3 is 2.84 bits per heavy atom. The smallest absolute Gasteiger partial charge is 0.408 e. The monoisotopic (exact) mass is 444 g/mol. The number of ether oxygens (including phenoxy) is 1. The van der Waals surface area contributed by atoms with E-state index in [0.717, 1.165) is 16.9 Å². The molecule has 2 atom stereocenters. The summed E-state index contributed by atoms with van der Waals surface area (Å²) in [5, 5.41) is 18.3. The molecule has 8 nitrogen and oxygen atoms in total. The molecule has 1 fully saturated rings. The lowest BCUT2D eigenvalue weighted by atomic mass is 10.1. The Morgan fingerprint density at radius 2 is 2.13 bits per heavy atom. The van der Waals surface area contributed by atoms with Crippen LogP contribution in [-0.4, -0.2) is 59.6 Å². The highest BCUT2D eigenvalue weighted by Gasteiger charge is 2.47. The quantitative estimate of drug-likeness (QED) is 0.539. The Hall–Kier alpha value is -2.69. The van der Waals surface area contributed by atoms with Gasteiger partial charge in [0.25, 0.3) is 0 Å². The lowest BCUT2D eigenvalue weighted by Crippen LogP contribution is -2.49. The van der Waals surface area contributed by atoms with Gasteiger partial charge in [-0.3, -0.25) is 4.79 Å². The number of halogens is 3. The average Bonchev–Trinajstić information content (AvgIpc) is 3.21. The Bertz CT molecular complexity index is 820. The second kappa shape index (κ2) is 9.21. The van der Waals surface area contributed by atoms with Crippen LogP contribution < -0.4 is 20.7 Å². The number of aliphatic hydroxyl groups is 1. The summed E-state index contributed by atoms with van der Waals surface area (Å²) in [4.78, 5) is 24.8. The minimum absolute atomic E-state index is 0.0306. The molecule has 2 heterocycles. The first-order valence-corrected chi connectivity index (χ1v) is 10.3. The zero-order valence-electron chi connectivity index (χ0n) is 17.2. The summed E-state index contributed by atoms with van der Waals surface area (Å²) in [5.41, 5.74) is 0.250. The third-order valence-corrected chi connectivity index (χ3v) is 5.35. The summed E-state index contributed by atoms with van der Waals surface area (Å²) in [7, 11) is 0. The molecule has 4 N–H and O–H groups in total. The van der Waals surface area contributed by atoms with E-state index >= 15 is 0 Å². The number of hydrogen-bond donors (Lipinski definition) is 4. The van der Waals surface area contributed by atoms with Crippen molar-refractivity contribution in [2.24, 2.45) is 0 Å². The molecule has 0 saturated carbocycles. The molecule has 0 unspecified atom stereocenters. The molecule has 11 heteroatoms. The van der Waals surface area contributed by atoms with Gasteiger partial charge in [-0.15, -0.1) is 0 Å². The van der Waals surface area contributed by atoms with Crippen LogP contribution in [0, 0.1) is 0 Å². The van der Waals surface area contributed by atoms with E-state index in [9.17, 15) is 27.9 Å². The summed E-state index contributed by atoms with van der Waals surface area (Å²) < 4.78 is 44.5. The standard InChI is InChI=1S/C20H27F3N4O4/c1-2-7-19(30)12-31-15-9-13(5-6-14(15)26-19)10-24-18(29)25-11-17(28)27-8-3-4-16(27)20(21,22)23/h5-6,9,16,26,30H,2-4,7-8,10-12H2,1H3,(H2,24,25,29)/t16-,19+/m1/s1. The third kappa shape index (κ3) is 5.72. The van der Waals surface area contributed by atoms with E-state index in [0.29, 0.717) is 17.9 Å². The van der Waals surface area contributed by atoms with Crippen molar-refractivity contribution in [3.8, 4) is 5.75 Å². The van der Waals surface area contributed by atoms with Crippen molar-refractivity contribution in [1.29, 1.82) is 0 Å². The van der Waals surface area contributed by atoms with Crippen molar-refractivity contribution < 1.29 is 32.6 Å². The number of anilines is 1. The second-order valence-corrected chi connectivity index (χ2v) is 7.85. The van der Waals surface area contributed by atoms with Crippen LogP contribution in [0.5, 0.6) is 5.75 Å². The maximum absolute atomic E-state index is 13.0. The lowest BCUT2D eigenvalue weighted by molar-refractivity contribution is -0.182. The predicted molar refractivity (Wildman–Crippen MR) is 106 cm³/mol. The Morgan fingerprint density at radius 1 is 1.35 bits per heavy atom. The molecule has 2 aliphatic heterocycles.